The molecule has 0 saturated carbocycles. The molecule has 32 valence electrons. The van der Waals surface area contributed by atoms with Crippen LogP contribution in [0.15, 0.2) is 0 Å². The number of rotatable bonds is 1. The lowest BCUT2D eigenvalue weighted by Gasteiger charge is -1.67. The monoisotopic (exact) mass is 101 g/mol. The predicted molar refractivity (Wildman–Crippen MR) is 25.5 cm³/mol. The van der Waals surface area contributed by atoms with E-state index >= 15 is 0 Å². The zero-order valence-corrected chi connectivity index (χ0v) is 3.90. The first kappa shape index (κ1) is 5.51. The van der Waals surface area contributed by atoms with Gasteiger partial charge in [-0.2, -0.15) is 0 Å². The number of carbonyl (C=O) groups excluding carboxylic acids is 1. The van der Waals surface area contributed by atoms with Crippen LogP contribution in [0.3, 0.4) is 0 Å². The molecule has 0 aromatic rings. The fraction of sp³-hybridized carbons (Fsp3) is 0.333. The quantitative estimate of drug-likeness (QED) is 0.374. The van der Waals surface area contributed by atoms with E-state index in [1.165, 1.54) is 0 Å². The molecule has 0 heterocycles. The van der Waals surface area contributed by atoms with Gasteiger partial charge < -0.3 is 4.85 Å². The predicted octanol–water partition coefficient (Wildman–Crippen LogP) is 0.362. The second kappa shape index (κ2) is 2.73. The normalized spacial score (nSPS) is 6.67. The SMILES string of the molecule is [C-]#[N+]CC(=O)S. The van der Waals surface area contributed by atoms with Crippen LogP contribution >= 0.6 is 12.6 Å². The Labute approximate surface area is 41.4 Å². The van der Waals surface area contributed by atoms with E-state index in [1.807, 2.05) is 0 Å². The highest BCUT2D eigenvalue weighted by Crippen LogP contribution is 1.75. The first-order valence-corrected chi connectivity index (χ1v) is 1.77. The topological polar surface area (TPSA) is 21.4 Å². The maximum Gasteiger partial charge on any atom is 0.281 e. The highest BCUT2D eigenvalue weighted by Gasteiger charge is 1.89. The van der Waals surface area contributed by atoms with Crippen LogP contribution in [0.2, 0.25) is 0 Å². The summed E-state index contributed by atoms with van der Waals surface area (Å²) < 4.78 is 0. The van der Waals surface area contributed by atoms with Crippen molar-refractivity contribution in [2.45, 2.75) is 0 Å². The minimum absolute atomic E-state index is 0.108. The van der Waals surface area contributed by atoms with Gasteiger partial charge in [-0.05, 0) is 0 Å². The van der Waals surface area contributed by atoms with Crippen LogP contribution in [0.1, 0.15) is 0 Å². The maximum atomic E-state index is 9.69. The molecule has 0 spiro atoms. The molecule has 0 aromatic heterocycles. The van der Waals surface area contributed by atoms with E-state index in [1.54, 1.807) is 0 Å². The van der Waals surface area contributed by atoms with E-state index in [9.17, 15) is 4.79 Å². The summed E-state index contributed by atoms with van der Waals surface area (Å²) in [5, 5.41) is -0.370. The molecule has 0 atom stereocenters. The summed E-state index contributed by atoms with van der Waals surface area (Å²) in [5.74, 6) is 0. The summed E-state index contributed by atoms with van der Waals surface area (Å²) in [4.78, 5) is 12.5. The number of thiol groups is 1. The van der Waals surface area contributed by atoms with Gasteiger partial charge >= 0.3 is 0 Å². The number of carbonyl (C=O) groups is 1. The van der Waals surface area contributed by atoms with Gasteiger partial charge in [0.25, 0.3) is 11.7 Å². The van der Waals surface area contributed by atoms with Crippen molar-refractivity contribution in [3.63, 3.8) is 0 Å². The molecule has 6 heavy (non-hydrogen) atoms. The average Bonchev–Trinajstić information content (AvgIpc) is 1.35. The molecule has 0 aliphatic heterocycles. The second-order valence-corrected chi connectivity index (χ2v) is 1.21. The van der Waals surface area contributed by atoms with Crippen LogP contribution in [-0.2, 0) is 4.79 Å². The first-order valence-electron chi connectivity index (χ1n) is 1.32. The first-order chi connectivity index (χ1) is 2.77. The number of hydrogen-bond acceptors (Lipinski definition) is 1. The molecular formula is C3H3NOS. The molecule has 0 unspecified atom stereocenters. The van der Waals surface area contributed by atoms with Crippen LogP contribution < -0.4 is 0 Å². The van der Waals surface area contributed by atoms with Gasteiger partial charge in [-0.15, -0.1) is 0 Å². The van der Waals surface area contributed by atoms with Gasteiger partial charge in [0.2, 0.25) is 0 Å². The Morgan fingerprint density at radius 1 is 2.00 bits per heavy atom. The molecule has 3 heteroatoms. The van der Waals surface area contributed by atoms with Crippen molar-refractivity contribution in [2.24, 2.45) is 0 Å². The molecule has 0 aliphatic carbocycles. The van der Waals surface area contributed by atoms with Gasteiger partial charge in [0.1, 0.15) is 0 Å². The van der Waals surface area contributed by atoms with E-state index < -0.39 is 0 Å². The number of hydrogen-bond donors (Lipinski definition) is 1. The Balaban J connectivity index is 3.13. The van der Waals surface area contributed by atoms with E-state index in [-0.39, 0.29) is 11.7 Å². The summed E-state index contributed by atoms with van der Waals surface area (Å²) in [5.41, 5.74) is 0. The zero-order chi connectivity index (χ0) is 4.99. The molecule has 0 bridgehead atoms. The van der Waals surface area contributed by atoms with Gasteiger partial charge in [-0.1, -0.05) is 12.6 Å². The van der Waals surface area contributed by atoms with Gasteiger partial charge in [-0.3, -0.25) is 4.79 Å². The zero-order valence-electron chi connectivity index (χ0n) is 3.01. The van der Waals surface area contributed by atoms with E-state index in [0.717, 1.165) is 0 Å². The lowest BCUT2D eigenvalue weighted by atomic mass is 10.8. The largest absolute Gasteiger partial charge is 0.308 e. The van der Waals surface area contributed by atoms with Crippen molar-refractivity contribution in [1.29, 1.82) is 0 Å². The van der Waals surface area contributed by atoms with Crippen LogP contribution in [0, 0.1) is 6.57 Å². The Kier molecular flexibility index (Phi) is 2.51. The van der Waals surface area contributed by atoms with Crippen LogP contribution in [0.25, 0.3) is 4.85 Å². The molecule has 0 aliphatic rings. The van der Waals surface area contributed by atoms with Crippen molar-refractivity contribution in [1.82, 2.24) is 0 Å². The molecule has 0 amide bonds. The third kappa shape index (κ3) is 3.51. The highest BCUT2D eigenvalue weighted by atomic mass is 32.1. The Bertz CT molecular complexity index is 93.5. The summed E-state index contributed by atoms with van der Waals surface area (Å²) >= 11 is 3.33. The smallest absolute Gasteiger partial charge is 0.281 e. The molecule has 0 fully saturated rings. The van der Waals surface area contributed by atoms with Crippen LogP contribution in [0.5, 0.6) is 0 Å². The van der Waals surface area contributed by atoms with Crippen molar-refractivity contribution >= 4 is 17.7 Å². The van der Waals surface area contributed by atoms with Gasteiger partial charge in [-0.25, -0.2) is 6.57 Å². The maximum absolute atomic E-state index is 9.69. The lowest BCUT2D eigenvalue weighted by molar-refractivity contribution is -0.109. The third-order valence-electron chi connectivity index (χ3n) is 0.214. The van der Waals surface area contributed by atoms with Crippen molar-refractivity contribution in [3.8, 4) is 0 Å². The van der Waals surface area contributed by atoms with Crippen molar-refractivity contribution in [2.75, 3.05) is 6.54 Å². The van der Waals surface area contributed by atoms with Crippen molar-refractivity contribution < 1.29 is 4.79 Å². The fourth-order valence-corrected chi connectivity index (χ4v) is 0.138. The summed E-state index contributed by atoms with van der Waals surface area (Å²) in [6, 6.07) is 0. The fourth-order valence-electron chi connectivity index (χ4n) is 0.0676. The van der Waals surface area contributed by atoms with Crippen LogP contribution in [0.4, 0.5) is 0 Å². The summed E-state index contributed by atoms with van der Waals surface area (Å²) in [7, 11) is 0. The molecule has 0 radical (unpaired) electrons. The second-order valence-electron chi connectivity index (χ2n) is 0.710. The Hall–Kier alpha value is -0.490. The lowest BCUT2D eigenvalue weighted by Crippen LogP contribution is -1.85. The van der Waals surface area contributed by atoms with Gasteiger partial charge in [0.05, 0.1) is 0 Å². The number of nitrogens with zero attached hydrogens (tertiary/aromatic N) is 1. The molecule has 2 nitrogen and oxygen atoms in total. The summed E-state index contributed by atoms with van der Waals surface area (Å²) in [6.45, 7) is 5.98. The average molecular weight is 101 g/mol. The highest BCUT2D eigenvalue weighted by molar-refractivity contribution is 7.96. The van der Waals surface area contributed by atoms with Crippen LogP contribution in [-0.4, -0.2) is 11.7 Å². The van der Waals surface area contributed by atoms with E-state index in [4.69, 9.17) is 6.57 Å². The molecular weight excluding hydrogens is 98.1 g/mol. The van der Waals surface area contributed by atoms with E-state index in [2.05, 4.69) is 17.5 Å². The van der Waals surface area contributed by atoms with Gasteiger partial charge in [0.15, 0.2) is 0 Å². The standard InChI is InChI=1S/C3H3NOS/c1-4-2-3(5)6/h2H2,(H,5,6). The molecule has 0 aromatic carbocycles. The minimum atomic E-state index is -0.370. The van der Waals surface area contributed by atoms with E-state index in [0.29, 0.717) is 0 Å². The summed E-state index contributed by atoms with van der Waals surface area (Å²) in [6.07, 6.45) is 0. The molecule has 0 rings (SSSR count). The molecule has 0 N–H and O–H groups in total. The van der Waals surface area contributed by atoms with Gasteiger partial charge in [0, 0.05) is 0 Å². The molecule has 0 saturated heterocycles. The third-order valence-corrected chi connectivity index (χ3v) is 0.356. The Morgan fingerprint density at radius 3 is 2.50 bits per heavy atom. The minimum Gasteiger partial charge on any atom is -0.308 e. The van der Waals surface area contributed by atoms with Crippen molar-refractivity contribution in [3.05, 3.63) is 11.4 Å². The Morgan fingerprint density at radius 2 is 2.50 bits per heavy atom.